The molecule has 1 atom stereocenters. The van der Waals surface area contributed by atoms with Gasteiger partial charge in [-0.15, -0.1) is 0 Å². The van der Waals surface area contributed by atoms with Crippen LogP contribution in [0.4, 0.5) is 0 Å². The van der Waals surface area contributed by atoms with Crippen LogP contribution in [0.1, 0.15) is 12.5 Å². The molecule has 0 aliphatic rings. The van der Waals surface area contributed by atoms with Gasteiger partial charge >= 0.3 is 0 Å². The fourth-order valence-corrected chi connectivity index (χ4v) is 3.33. The number of ether oxygens (including phenoxy) is 3. The quantitative estimate of drug-likeness (QED) is 0.822. The number of hydrogen-bond donors (Lipinski definition) is 1. The first-order chi connectivity index (χ1) is 9.35. The fourth-order valence-electron chi connectivity index (χ4n) is 1.86. The molecule has 6 nitrogen and oxygen atoms in total. The van der Waals surface area contributed by atoms with Crippen molar-refractivity contribution in [1.82, 2.24) is 4.72 Å². The van der Waals surface area contributed by atoms with E-state index in [-0.39, 0.29) is 10.9 Å². The van der Waals surface area contributed by atoms with Crippen molar-refractivity contribution in [3.8, 4) is 11.5 Å². The largest absolute Gasteiger partial charge is 0.493 e. The number of methoxy groups -OCH3 is 3. The summed E-state index contributed by atoms with van der Waals surface area (Å²) < 4.78 is 42.4. The molecule has 0 bridgehead atoms. The molecule has 1 aromatic rings. The molecule has 1 N–H and O–H groups in total. The Kier molecular flexibility index (Phi) is 5.79. The lowest BCUT2D eigenvalue weighted by molar-refractivity contribution is 0.180. The summed E-state index contributed by atoms with van der Waals surface area (Å²) in [5.74, 6) is 0.867. The first-order valence-corrected chi connectivity index (χ1v) is 7.58. The van der Waals surface area contributed by atoms with E-state index in [1.54, 1.807) is 19.9 Å². The topological polar surface area (TPSA) is 73.9 Å². The highest BCUT2D eigenvalue weighted by molar-refractivity contribution is 7.89. The second-order valence-corrected chi connectivity index (χ2v) is 6.13. The zero-order valence-electron chi connectivity index (χ0n) is 12.4. The van der Waals surface area contributed by atoms with Crippen LogP contribution in [0.25, 0.3) is 0 Å². The van der Waals surface area contributed by atoms with Crippen LogP contribution in [0, 0.1) is 6.92 Å². The second-order valence-electron chi connectivity index (χ2n) is 4.45. The minimum Gasteiger partial charge on any atom is -0.493 e. The SMILES string of the molecule is COC[C@H](C)NS(=O)(=O)c1cc(OC)c(OC)cc1C. The Morgan fingerprint density at radius 1 is 1.15 bits per heavy atom. The number of hydrogen-bond acceptors (Lipinski definition) is 5. The summed E-state index contributed by atoms with van der Waals surface area (Å²) in [6.45, 7) is 3.74. The zero-order valence-corrected chi connectivity index (χ0v) is 13.2. The third-order valence-electron chi connectivity index (χ3n) is 2.74. The molecule has 20 heavy (non-hydrogen) atoms. The van der Waals surface area contributed by atoms with Crippen molar-refractivity contribution in [2.45, 2.75) is 24.8 Å². The molecule has 0 saturated carbocycles. The van der Waals surface area contributed by atoms with Gasteiger partial charge in [0.15, 0.2) is 11.5 Å². The van der Waals surface area contributed by atoms with E-state index in [9.17, 15) is 8.42 Å². The molecule has 0 aliphatic carbocycles. The summed E-state index contributed by atoms with van der Waals surface area (Å²) in [5, 5.41) is 0. The van der Waals surface area contributed by atoms with Gasteiger partial charge in [-0.1, -0.05) is 0 Å². The normalized spacial score (nSPS) is 13.1. The van der Waals surface area contributed by atoms with Crippen LogP contribution in [-0.4, -0.2) is 42.4 Å². The molecule has 0 fully saturated rings. The summed E-state index contributed by atoms with van der Waals surface area (Å²) in [6.07, 6.45) is 0. The van der Waals surface area contributed by atoms with Gasteiger partial charge in [0.05, 0.1) is 25.7 Å². The molecule has 0 spiro atoms. The number of aryl methyl sites for hydroxylation is 1. The molecule has 7 heteroatoms. The summed E-state index contributed by atoms with van der Waals surface area (Å²) in [5.41, 5.74) is 0.583. The minimum atomic E-state index is -3.64. The van der Waals surface area contributed by atoms with Crippen LogP contribution in [0.5, 0.6) is 11.5 Å². The average molecular weight is 303 g/mol. The molecule has 0 aliphatic heterocycles. The molecule has 1 rings (SSSR count). The molecule has 1 aromatic carbocycles. The molecule has 0 unspecified atom stereocenters. The number of sulfonamides is 1. The molecule has 0 saturated heterocycles. The zero-order chi connectivity index (χ0) is 15.3. The molecule has 114 valence electrons. The maximum Gasteiger partial charge on any atom is 0.241 e. The predicted molar refractivity (Wildman–Crippen MR) is 75.9 cm³/mol. The Morgan fingerprint density at radius 3 is 2.20 bits per heavy atom. The van der Waals surface area contributed by atoms with Gasteiger partial charge in [-0.25, -0.2) is 13.1 Å². The third-order valence-corrected chi connectivity index (χ3v) is 4.48. The number of benzene rings is 1. The van der Waals surface area contributed by atoms with Gasteiger partial charge in [0, 0.05) is 19.2 Å². The lowest BCUT2D eigenvalue weighted by atomic mass is 10.2. The lowest BCUT2D eigenvalue weighted by Crippen LogP contribution is -2.35. The van der Waals surface area contributed by atoms with E-state index in [1.807, 2.05) is 0 Å². The van der Waals surface area contributed by atoms with Crippen molar-refractivity contribution in [1.29, 1.82) is 0 Å². The maximum atomic E-state index is 12.3. The van der Waals surface area contributed by atoms with E-state index in [4.69, 9.17) is 14.2 Å². The van der Waals surface area contributed by atoms with Gasteiger partial charge in [0.2, 0.25) is 10.0 Å². The Hall–Kier alpha value is -1.31. The van der Waals surface area contributed by atoms with E-state index in [0.29, 0.717) is 23.7 Å². The summed E-state index contributed by atoms with van der Waals surface area (Å²) in [4.78, 5) is 0.165. The smallest absolute Gasteiger partial charge is 0.241 e. The maximum absolute atomic E-state index is 12.3. The average Bonchev–Trinajstić information content (AvgIpc) is 2.37. The van der Waals surface area contributed by atoms with Crippen molar-refractivity contribution in [2.75, 3.05) is 27.9 Å². The first kappa shape index (κ1) is 16.7. The van der Waals surface area contributed by atoms with Gasteiger partial charge < -0.3 is 14.2 Å². The summed E-state index contributed by atoms with van der Waals surface area (Å²) >= 11 is 0. The van der Waals surface area contributed by atoms with Gasteiger partial charge in [-0.05, 0) is 25.5 Å². The number of nitrogens with one attached hydrogen (secondary N) is 1. The Morgan fingerprint density at radius 2 is 1.70 bits per heavy atom. The van der Waals surface area contributed by atoms with Crippen LogP contribution in [0.15, 0.2) is 17.0 Å². The van der Waals surface area contributed by atoms with E-state index < -0.39 is 10.0 Å². The van der Waals surface area contributed by atoms with Crippen molar-refractivity contribution < 1.29 is 22.6 Å². The van der Waals surface area contributed by atoms with Gasteiger partial charge in [-0.2, -0.15) is 0 Å². The van der Waals surface area contributed by atoms with Crippen LogP contribution in [0.3, 0.4) is 0 Å². The summed E-state index contributed by atoms with van der Waals surface area (Å²) in [6, 6.07) is 2.77. The van der Waals surface area contributed by atoms with Crippen molar-refractivity contribution in [3.05, 3.63) is 17.7 Å². The van der Waals surface area contributed by atoms with Crippen LogP contribution < -0.4 is 14.2 Å². The van der Waals surface area contributed by atoms with Crippen LogP contribution in [-0.2, 0) is 14.8 Å². The Labute approximate surface area is 120 Å². The highest BCUT2D eigenvalue weighted by atomic mass is 32.2. The monoisotopic (exact) mass is 303 g/mol. The highest BCUT2D eigenvalue weighted by Gasteiger charge is 2.22. The molecule has 0 radical (unpaired) electrons. The van der Waals surface area contributed by atoms with Crippen molar-refractivity contribution in [3.63, 3.8) is 0 Å². The lowest BCUT2D eigenvalue weighted by Gasteiger charge is -2.16. The Balaban J connectivity index is 3.18. The Bertz CT molecular complexity index is 556. The highest BCUT2D eigenvalue weighted by Crippen LogP contribution is 2.32. The van der Waals surface area contributed by atoms with E-state index in [2.05, 4.69) is 4.72 Å². The van der Waals surface area contributed by atoms with E-state index >= 15 is 0 Å². The molecule has 0 heterocycles. The first-order valence-electron chi connectivity index (χ1n) is 6.09. The van der Waals surface area contributed by atoms with Crippen LogP contribution >= 0.6 is 0 Å². The predicted octanol–water partition coefficient (Wildman–Crippen LogP) is 1.33. The number of rotatable bonds is 7. The fraction of sp³-hybridized carbons (Fsp3) is 0.538. The molecule has 0 aromatic heterocycles. The van der Waals surface area contributed by atoms with Gasteiger partial charge in [0.25, 0.3) is 0 Å². The second kappa shape index (κ2) is 6.92. The standard InChI is InChI=1S/C13H21NO5S/c1-9-6-11(18-4)12(19-5)7-13(9)20(15,16)14-10(2)8-17-3/h6-7,10,14H,8H2,1-5H3/t10-/m0/s1. The minimum absolute atomic E-state index is 0.165. The van der Waals surface area contributed by atoms with Crippen molar-refractivity contribution in [2.24, 2.45) is 0 Å². The van der Waals surface area contributed by atoms with Crippen LogP contribution in [0.2, 0.25) is 0 Å². The van der Waals surface area contributed by atoms with Crippen molar-refractivity contribution >= 4 is 10.0 Å². The van der Waals surface area contributed by atoms with Gasteiger partial charge in [0.1, 0.15) is 0 Å². The summed E-state index contributed by atoms with van der Waals surface area (Å²) in [7, 11) is 0.852. The molecular formula is C13H21NO5S. The molecular weight excluding hydrogens is 282 g/mol. The third kappa shape index (κ3) is 3.84. The van der Waals surface area contributed by atoms with Gasteiger partial charge in [-0.3, -0.25) is 0 Å². The van der Waals surface area contributed by atoms with E-state index in [0.717, 1.165) is 0 Å². The molecule has 0 amide bonds. The van der Waals surface area contributed by atoms with E-state index in [1.165, 1.54) is 27.4 Å².